The number of amides is 2. The Morgan fingerprint density at radius 3 is 1.56 bits per heavy atom. The number of carbonyl (C=O) groups is 1. The fraction of sp³-hybridized carbons (Fsp3) is 0.133. The summed E-state index contributed by atoms with van der Waals surface area (Å²) in [6, 6.07) is -0.293. The molecule has 0 aliphatic heterocycles. The van der Waals surface area contributed by atoms with Gasteiger partial charge in [-0.3, -0.25) is 0 Å². The van der Waals surface area contributed by atoms with Crippen LogP contribution in [0, 0.1) is 0 Å². The molecular formula is C15H20N2O. The molecule has 0 spiro atoms. The maximum absolute atomic E-state index is 11.7. The van der Waals surface area contributed by atoms with Crippen LogP contribution in [0.25, 0.3) is 0 Å². The lowest BCUT2D eigenvalue weighted by Crippen LogP contribution is -2.33. The van der Waals surface area contributed by atoms with Gasteiger partial charge in [0.05, 0.1) is 0 Å². The first-order valence-corrected chi connectivity index (χ1v) is 5.66. The predicted molar refractivity (Wildman–Crippen MR) is 77.9 cm³/mol. The highest BCUT2D eigenvalue weighted by atomic mass is 16.2. The predicted octanol–water partition coefficient (Wildman–Crippen LogP) is 3.58. The second kappa shape index (κ2) is 9.90. The van der Waals surface area contributed by atoms with E-state index in [9.17, 15) is 4.79 Å². The average Bonchev–Trinajstić information content (AvgIpc) is 2.39. The molecule has 3 nitrogen and oxygen atoms in total. The molecule has 0 unspecified atom stereocenters. The van der Waals surface area contributed by atoms with E-state index < -0.39 is 0 Å². The van der Waals surface area contributed by atoms with Gasteiger partial charge in [0.2, 0.25) is 0 Å². The van der Waals surface area contributed by atoms with E-state index >= 15 is 0 Å². The minimum Gasteiger partial charge on any atom is -0.308 e. The highest BCUT2D eigenvalue weighted by Gasteiger charge is 2.01. The van der Waals surface area contributed by atoms with Crippen LogP contribution in [0.5, 0.6) is 0 Å². The summed E-state index contributed by atoms with van der Waals surface area (Å²) in [7, 11) is 0. The maximum atomic E-state index is 11.7. The molecule has 0 rings (SSSR count). The summed E-state index contributed by atoms with van der Waals surface area (Å²) < 4.78 is 0. The van der Waals surface area contributed by atoms with Gasteiger partial charge in [-0.25, -0.2) is 4.79 Å². The first-order valence-electron chi connectivity index (χ1n) is 5.66. The monoisotopic (exact) mass is 244 g/mol. The van der Waals surface area contributed by atoms with Crippen molar-refractivity contribution in [3.63, 3.8) is 0 Å². The molecule has 0 saturated heterocycles. The van der Waals surface area contributed by atoms with Crippen LogP contribution in [0.3, 0.4) is 0 Å². The van der Waals surface area contributed by atoms with E-state index in [1.54, 1.807) is 48.6 Å². The van der Waals surface area contributed by atoms with Gasteiger partial charge in [-0.05, 0) is 26.0 Å². The first kappa shape index (κ1) is 15.7. The zero-order valence-corrected chi connectivity index (χ0v) is 10.9. The normalized spacial score (nSPS) is 12.8. The Bertz CT molecular complexity index is 374. The fourth-order valence-electron chi connectivity index (χ4n) is 1.06. The number of urea groups is 1. The average molecular weight is 244 g/mol. The zero-order chi connectivity index (χ0) is 13.8. The molecular weight excluding hydrogens is 224 g/mol. The number of carbonyl (C=O) groups excluding carboxylic acids is 1. The summed E-state index contributed by atoms with van der Waals surface area (Å²) in [4.78, 5) is 11.7. The van der Waals surface area contributed by atoms with Gasteiger partial charge in [-0.15, -0.1) is 0 Å². The van der Waals surface area contributed by atoms with E-state index in [2.05, 4.69) is 23.8 Å². The summed E-state index contributed by atoms with van der Waals surface area (Å²) in [5.74, 6) is 0. The highest BCUT2D eigenvalue weighted by molar-refractivity contribution is 5.78. The second-order valence-corrected chi connectivity index (χ2v) is 3.26. The number of nitrogens with one attached hydrogen (secondary N) is 2. The first-order chi connectivity index (χ1) is 8.67. The molecule has 0 aliphatic carbocycles. The smallest absolute Gasteiger partial charge is 0.308 e. The van der Waals surface area contributed by atoms with E-state index in [4.69, 9.17) is 0 Å². The summed E-state index contributed by atoms with van der Waals surface area (Å²) >= 11 is 0. The minimum atomic E-state index is -0.293. The SMILES string of the molecule is C=C/C=C\C(=C/C)NC(=O)NC(/C=C\C=C)=C/C. The Kier molecular flexibility index (Phi) is 8.64. The third-order valence-corrected chi connectivity index (χ3v) is 1.96. The highest BCUT2D eigenvalue weighted by Crippen LogP contribution is 1.95. The van der Waals surface area contributed by atoms with Gasteiger partial charge in [0.15, 0.2) is 0 Å². The molecule has 0 aliphatic rings. The van der Waals surface area contributed by atoms with Gasteiger partial charge in [-0.2, -0.15) is 0 Å². The van der Waals surface area contributed by atoms with Gasteiger partial charge < -0.3 is 10.6 Å². The Morgan fingerprint density at radius 1 is 0.889 bits per heavy atom. The fourth-order valence-corrected chi connectivity index (χ4v) is 1.06. The van der Waals surface area contributed by atoms with Crippen molar-refractivity contribution in [3.05, 3.63) is 73.2 Å². The molecule has 2 amide bonds. The van der Waals surface area contributed by atoms with Crippen molar-refractivity contribution in [2.75, 3.05) is 0 Å². The molecule has 0 aromatic rings. The van der Waals surface area contributed by atoms with Crippen LogP contribution in [0.1, 0.15) is 13.8 Å². The van der Waals surface area contributed by atoms with Gasteiger partial charge in [0.25, 0.3) is 0 Å². The van der Waals surface area contributed by atoms with E-state index in [-0.39, 0.29) is 6.03 Å². The van der Waals surface area contributed by atoms with Crippen LogP contribution < -0.4 is 10.6 Å². The molecule has 0 atom stereocenters. The van der Waals surface area contributed by atoms with Crippen LogP contribution in [0.2, 0.25) is 0 Å². The van der Waals surface area contributed by atoms with Crippen molar-refractivity contribution in [2.24, 2.45) is 0 Å². The van der Waals surface area contributed by atoms with Gasteiger partial charge >= 0.3 is 6.03 Å². The molecule has 3 heteroatoms. The molecule has 0 heterocycles. The lowest BCUT2D eigenvalue weighted by Gasteiger charge is -2.08. The molecule has 0 saturated carbocycles. The lowest BCUT2D eigenvalue weighted by atomic mass is 10.3. The zero-order valence-electron chi connectivity index (χ0n) is 10.9. The largest absolute Gasteiger partial charge is 0.323 e. The molecule has 0 aromatic heterocycles. The van der Waals surface area contributed by atoms with Crippen LogP contribution in [0.15, 0.2) is 73.2 Å². The number of rotatable bonds is 6. The molecule has 18 heavy (non-hydrogen) atoms. The minimum absolute atomic E-state index is 0.293. The Labute approximate surface area is 109 Å². The van der Waals surface area contributed by atoms with Crippen LogP contribution in [0.4, 0.5) is 4.79 Å². The number of allylic oxidation sites excluding steroid dienone is 8. The molecule has 96 valence electrons. The summed E-state index contributed by atoms with van der Waals surface area (Å²) in [6.45, 7) is 10.8. The molecule has 0 radical (unpaired) electrons. The van der Waals surface area contributed by atoms with Crippen molar-refractivity contribution in [3.8, 4) is 0 Å². The summed E-state index contributed by atoms with van der Waals surface area (Å²) in [6.07, 6.45) is 13.9. The molecule has 0 fully saturated rings. The van der Waals surface area contributed by atoms with Crippen molar-refractivity contribution in [2.45, 2.75) is 13.8 Å². The van der Waals surface area contributed by atoms with Gasteiger partial charge in [0, 0.05) is 11.4 Å². The van der Waals surface area contributed by atoms with Crippen LogP contribution in [-0.2, 0) is 0 Å². The molecule has 2 N–H and O–H groups in total. The second-order valence-electron chi connectivity index (χ2n) is 3.26. The van der Waals surface area contributed by atoms with Crippen LogP contribution in [-0.4, -0.2) is 6.03 Å². The number of hydrogen-bond acceptors (Lipinski definition) is 1. The Hall–Kier alpha value is -2.29. The van der Waals surface area contributed by atoms with E-state index in [0.29, 0.717) is 11.4 Å². The topological polar surface area (TPSA) is 41.1 Å². The van der Waals surface area contributed by atoms with Gasteiger partial charge in [-0.1, -0.05) is 49.6 Å². The van der Waals surface area contributed by atoms with Gasteiger partial charge in [0.1, 0.15) is 0 Å². The third-order valence-electron chi connectivity index (χ3n) is 1.96. The summed E-state index contributed by atoms with van der Waals surface area (Å²) in [5, 5.41) is 5.44. The Morgan fingerprint density at radius 2 is 1.28 bits per heavy atom. The summed E-state index contributed by atoms with van der Waals surface area (Å²) in [5.41, 5.74) is 1.41. The van der Waals surface area contributed by atoms with Crippen molar-refractivity contribution >= 4 is 6.03 Å². The van der Waals surface area contributed by atoms with E-state index in [0.717, 1.165) is 0 Å². The number of hydrogen-bond donors (Lipinski definition) is 2. The van der Waals surface area contributed by atoms with Crippen molar-refractivity contribution in [1.82, 2.24) is 10.6 Å². The van der Waals surface area contributed by atoms with Crippen molar-refractivity contribution < 1.29 is 4.79 Å². The molecule has 0 aromatic carbocycles. The third kappa shape index (κ3) is 7.06. The maximum Gasteiger partial charge on any atom is 0.323 e. The standard InChI is InChI=1S/C15H20N2O/c1-5-9-11-13(7-3)16-15(18)17-14(8-4)12-10-6-2/h5-12H,1-2H2,3-4H3,(H2,16,17,18)/b11-9-,12-10-,13-7+,14-8+. The Balaban J connectivity index is 4.49. The van der Waals surface area contributed by atoms with Crippen molar-refractivity contribution in [1.29, 1.82) is 0 Å². The van der Waals surface area contributed by atoms with E-state index in [1.165, 1.54) is 0 Å². The van der Waals surface area contributed by atoms with Crippen LogP contribution >= 0.6 is 0 Å². The lowest BCUT2D eigenvalue weighted by molar-refractivity contribution is 0.246. The molecule has 0 bridgehead atoms. The van der Waals surface area contributed by atoms with E-state index in [1.807, 2.05) is 13.8 Å². The quantitative estimate of drug-likeness (QED) is 0.689.